The zero-order valence-corrected chi connectivity index (χ0v) is 14.8. The minimum absolute atomic E-state index is 0. The number of aliphatic hydroxyl groups is 1. The van der Waals surface area contributed by atoms with Crippen LogP contribution in [0.4, 0.5) is 0 Å². The topological polar surface area (TPSA) is 61.4 Å². The average molecular weight is 355 g/mol. The Balaban J connectivity index is 0.00000192. The van der Waals surface area contributed by atoms with Crippen LogP contribution in [0.25, 0.3) is 10.1 Å². The molecule has 1 fully saturated rings. The van der Waals surface area contributed by atoms with Crippen LogP contribution in [0, 0.1) is 5.92 Å². The molecule has 1 aliphatic rings. The van der Waals surface area contributed by atoms with Gasteiger partial charge in [0.1, 0.15) is 6.10 Å². The number of halogens is 1. The Bertz CT molecular complexity index is 628. The first kappa shape index (κ1) is 18.2. The molecule has 1 aliphatic heterocycles. The van der Waals surface area contributed by atoms with Gasteiger partial charge >= 0.3 is 0 Å². The maximum atomic E-state index is 12.2. The molecule has 126 valence electrons. The first-order valence-electron chi connectivity index (χ1n) is 7.81. The second-order valence-corrected chi connectivity index (χ2v) is 7.14. The van der Waals surface area contributed by atoms with Gasteiger partial charge in [-0.2, -0.15) is 0 Å². The van der Waals surface area contributed by atoms with Gasteiger partial charge in [-0.05, 0) is 43.8 Å². The van der Waals surface area contributed by atoms with Crippen molar-refractivity contribution in [2.24, 2.45) is 5.92 Å². The molecule has 1 saturated heterocycles. The second-order valence-electron chi connectivity index (χ2n) is 6.02. The molecular formula is C17H23ClN2O2S. The number of hydrogen-bond acceptors (Lipinski definition) is 4. The van der Waals surface area contributed by atoms with Crippen molar-refractivity contribution in [3.8, 4) is 0 Å². The number of hydrogen-bond donors (Lipinski definition) is 3. The first-order valence-corrected chi connectivity index (χ1v) is 8.63. The summed E-state index contributed by atoms with van der Waals surface area (Å²) in [5.74, 6) is 0.124. The minimum atomic E-state index is -0.638. The van der Waals surface area contributed by atoms with Crippen LogP contribution in [-0.2, 0) is 4.79 Å². The van der Waals surface area contributed by atoms with E-state index in [-0.39, 0.29) is 30.8 Å². The van der Waals surface area contributed by atoms with Crippen molar-refractivity contribution >= 4 is 39.7 Å². The van der Waals surface area contributed by atoms with Crippen LogP contribution in [0.15, 0.2) is 30.3 Å². The maximum absolute atomic E-state index is 12.2. The van der Waals surface area contributed by atoms with Crippen LogP contribution in [0.2, 0.25) is 0 Å². The third kappa shape index (κ3) is 4.44. The van der Waals surface area contributed by atoms with Gasteiger partial charge < -0.3 is 15.7 Å². The van der Waals surface area contributed by atoms with Crippen LogP contribution in [0.3, 0.4) is 0 Å². The molecule has 1 aromatic carbocycles. The third-order valence-corrected chi connectivity index (χ3v) is 5.45. The fraction of sp³-hybridized carbons (Fsp3) is 0.471. The smallest absolute Gasteiger partial charge is 0.223 e. The molecule has 3 N–H and O–H groups in total. The fourth-order valence-electron chi connectivity index (χ4n) is 2.98. The highest BCUT2D eigenvalue weighted by atomic mass is 35.5. The molecular weight excluding hydrogens is 332 g/mol. The molecule has 1 amide bonds. The summed E-state index contributed by atoms with van der Waals surface area (Å²) in [6.45, 7) is 3.27. The molecule has 23 heavy (non-hydrogen) atoms. The number of nitrogens with one attached hydrogen (secondary N) is 2. The Hall–Kier alpha value is -1.14. The summed E-state index contributed by atoms with van der Waals surface area (Å²) in [7, 11) is 0. The Morgan fingerprint density at radius 3 is 3.00 bits per heavy atom. The predicted octanol–water partition coefficient (Wildman–Crippen LogP) is 2.86. The van der Waals surface area contributed by atoms with Gasteiger partial charge in [0.25, 0.3) is 0 Å². The molecule has 0 aliphatic carbocycles. The van der Waals surface area contributed by atoms with Crippen LogP contribution in [0.1, 0.15) is 30.7 Å². The monoisotopic (exact) mass is 354 g/mol. The van der Waals surface area contributed by atoms with Crippen molar-refractivity contribution in [3.05, 3.63) is 35.2 Å². The fourth-order valence-corrected chi connectivity index (χ4v) is 4.03. The average Bonchev–Trinajstić information content (AvgIpc) is 2.96. The van der Waals surface area contributed by atoms with Crippen molar-refractivity contribution in [2.75, 3.05) is 13.1 Å². The zero-order chi connectivity index (χ0) is 15.5. The third-order valence-electron chi connectivity index (χ3n) is 4.24. The number of rotatable bonds is 4. The van der Waals surface area contributed by atoms with Crippen molar-refractivity contribution < 1.29 is 9.90 Å². The molecule has 6 heteroatoms. The quantitative estimate of drug-likeness (QED) is 0.791. The number of thiophene rings is 1. The summed E-state index contributed by atoms with van der Waals surface area (Å²) in [5.41, 5.74) is 0. The van der Waals surface area contributed by atoms with E-state index in [1.54, 1.807) is 11.3 Å². The lowest BCUT2D eigenvalue weighted by atomic mass is 9.92. The van der Waals surface area contributed by atoms with Crippen LogP contribution >= 0.6 is 23.7 Å². The number of aliphatic hydroxyl groups excluding tert-OH is 1. The minimum Gasteiger partial charge on any atom is -0.386 e. The summed E-state index contributed by atoms with van der Waals surface area (Å²) in [6.07, 6.45) is 1.10. The molecule has 1 unspecified atom stereocenters. The Morgan fingerprint density at radius 1 is 1.48 bits per heavy atom. The number of amides is 1. The van der Waals surface area contributed by atoms with Gasteiger partial charge in [-0.15, -0.1) is 23.7 Å². The lowest BCUT2D eigenvalue weighted by Gasteiger charge is -2.27. The molecule has 0 spiro atoms. The highest BCUT2D eigenvalue weighted by Gasteiger charge is 2.25. The Kier molecular flexibility index (Phi) is 6.41. The number of carbonyl (C=O) groups excluding carboxylic acids is 1. The standard InChI is InChI=1S/C17H22N2O2S.ClH/c1-11-8-13(6-7-18-11)17(21)19-10-14(20)16-9-12-4-2-3-5-15(12)22-16;/h2-5,9,11,13-14,18,20H,6-8,10H2,1H3,(H,19,21);1H/t11-,13-,14?;/m0./s1. The summed E-state index contributed by atoms with van der Waals surface area (Å²) in [6, 6.07) is 10.5. The van der Waals surface area contributed by atoms with E-state index in [9.17, 15) is 9.90 Å². The van der Waals surface area contributed by atoms with Crippen molar-refractivity contribution in [2.45, 2.75) is 31.9 Å². The van der Waals surface area contributed by atoms with Crippen LogP contribution < -0.4 is 10.6 Å². The van der Waals surface area contributed by atoms with Gasteiger partial charge in [-0.3, -0.25) is 4.79 Å². The van der Waals surface area contributed by atoms with E-state index in [1.165, 1.54) is 0 Å². The SMILES string of the molecule is C[C@H]1C[C@@H](C(=O)NCC(O)c2cc3ccccc3s2)CCN1.Cl. The molecule has 1 aromatic heterocycles. The molecule has 0 bridgehead atoms. The number of piperidine rings is 1. The second kappa shape index (κ2) is 8.11. The van der Waals surface area contributed by atoms with Crippen LogP contribution in [0.5, 0.6) is 0 Å². The van der Waals surface area contributed by atoms with E-state index in [0.29, 0.717) is 6.04 Å². The first-order chi connectivity index (χ1) is 10.6. The van der Waals surface area contributed by atoms with E-state index in [4.69, 9.17) is 0 Å². The molecule has 4 nitrogen and oxygen atoms in total. The number of fused-ring (bicyclic) bond motifs is 1. The maximum Gasteiger partial charge on any atom is 0.223 e. The highest BCUT2D eigenvalue weighted by Crippen LogP contribution is 2.29. The zero-order valence-electron chi connectivity index (χ0n) is 13.1. The number of benzene rings is 1. The summed E-state index contributed by atoms with van der Waals surface area (Å²) in [4.78, 5) is 13.1. The van der Waals surface area contributed by atoms with E-state index < -0.39 is 6.10 Å². The molecule has 3 atom stereocenters. The number of carbonyl (C=O) groups is 1. The molecule has 2 heterocycles. The summed E-state index contributed by atoms with van der Waals surface area (Å²) < 4.78 is 1.16. The lowest BCUT2D eigenvalue weighted by Crippen LogP contribution is -2.43. The van der Waals surface area contributed by atoms with Gasteiger partial charge in [0.2, 0.25) is 5.91 Å². The van der Waals surface area contributed by atoms with Crippen molar-refractivity contribution in [1.82, 2.24) is 10.6 Å². The van der Waals surface area contributed by atoms with Crippen LogP contribution in [-0.4, -0.2) is 30.1 Å². The molecule has 2 aromatic rings. The van der Waals surface area contributed by atoms with Crippen molar-refractivity contribution in [3.63, 3.8) is 0 Å². The predicted molar refractivity (Wildman–Crippen MR) is 97.2 cm³/mol. The van der Waals surface area contributed by atoms with Gasteiger partial charge in [0, 0.05) is 28.1 Å². The Labute approximate surface area is 146 Å². The van der Waals surface area contributed by atoms with Crippen molar-refractivity contribution in [1.29, 1.82) is 0 Å². The van der Waals surface area contributed by atoms with E-state index in [1.807, 2.05) is 30.3 Å². The normalized spacial score (nSPS) is 22.3. The molecule has 3 rings (SSSR count). The Morgan fingerprint density at radius 2 is 2.26 bits per heavy atom. The molecule has 0 radical (unpaired) electrons. The van der Waals surface area contributed by atoms with E-state index >= 15 is 0 Å². The van der Waals surface area contributed by atoms with Gasteiger partial charge in [-0.25, -0.2) is 0 Å². The molecule has 0 saturated carbocycles. The van der Waals surface area contributed by atoms with Gasteiger partial charge in [-0.1, -0.05) is 18.2 Å². The van der Waals surface area contributed by atoms with Gasteiger partial charge in [0.05, 0.1) is 0 Å². The van der Waals surface area contributed by atoms with E-state index in [2.05, 4.69) is 17.6 Å². The largest absolute Gasteiger partial charge is 0.386 e. The van der Waals surface area contributed by atoms with Gasteiger partial charge in [0.15, 0.2) is 0 Å². The summed E-state index contributed by atoms with van der Waals surface area (Å²) >= 11 is 1.58. The lowest BCUT2D eigenvalue weighted by molar-refractivity contribution is -0.126. The van der Waals surface area contributed by atoms with E-state index in [0.717, 1.165) is 34.3 Å². The summed E-state index contributed by atoms with van der Waals surface area (Å²) in [5, 5.41) is 17.7. The highest BCUT2D eigenvalue weighted by molar-refractivity contribution is 7.19.